The summed E-state index contributed by atoms with van der Waals surface area (Å²) in [4.78, 5) is 14.1. The van der Waals surface area contributed by atoms with Gasteiger partial charge in [-0.25, -0.2) is 0 Å². The molecule has 8 heteroatoms. The first-order valence-corrected chi connectivity index (χ1v) is 11.1. The van der Waals surface area contributed by atoms with Gasteiger partial charge in [0.25, 0.3) is 0 Å². The van der Waals surface area contributed by atoms with Crippen molar-refractivity contribution >= 4 is 22.9 Å². The Bertz CT molecular complexity index is 880. The van der Waals surface area contributed by atoms with Crippen LogP contribution in [0.3, 0.4) is 0 Å². The number of pyridine rings is 1. The largest absolute Gasteiger partial charge is 0.348 e. The van der Waals surface area contributed by atoms with E-state index in [1.807, 2.05) is 37.0 Å². The number of anilines is 1. The van der Waals surface area contributed by atoms with Crippen molar-refractivity contribution in [2.75, 3.05) is 37.6 Å². The molecule has 2 aliphatic heterocycles. The van der Waals surface area contributed by atoms with E-state index in [1.54, 1.807) is 0 Å². The first-order chi connectivity index (χ1) is 13.8. The first kappa shape index (κ1) is 20.2. The third kappa shape index (κ3) is 4.27. The molecule has 29 heavy (non-hydrogen) atoms. The predicted molar refractivity (Wildman–Crippen MR) is 120 cm³/mol. The van der Waals surface area contributed by atoms with Crippen LogP contribution < -0.4 is 4.90 Å². The van der Waals surface area contributed by atoms with Crippen molar-refractivity contribution in [3.05, 3.63) is 35.9 Å². The average Bonchev–Trinajstić information content (AvgIpc) is 3.25. The molecule has 156 valence electrons. The van der Waals surface area contributed by atoms with E-state index in [4.69, 9.17) is 4.99 Å². The first-order valence-electron chi connectivity index (χ1n) is 10.3. The fourth-order valence-corrected chi connectivity index (χ4v) is 4.92. The summed E-state index contributed by atoms with van der Waals surface area (Å²) < 4.78 is 2.47. The van der Waals surface area contributed by atoms with Crippen LogP contribution in [0.1, 0.15) is 39.2 Å². The summed E-state index contributed by atoms with van der Waals surface area (Å²) in [6.07, 6.45) is 1.86. The van der Waals surface area contributed by atoms with E-state index < -0.39 is 0 Å². The van der Waals surface area contributed by atoms with Crippen molar-refractivity contribution in [2.24, 2.45) is 4.99 Å². The van der Waals surface area contributed by atoms with Crippen molar-refractivity contribution < 1.29 is 0 Å². The van der Waals surface area contributed by atoms with Crippen LogP contribution in [0.4, 0.5) is 5.95 Å². The number of aliphatic imine (C=N–C) groups is 1. The maximum Gasteiger partial charge on any atom is 0.227 e. The molecule has 2 aromatic rings. The van der Waals surface area contributed by atoms with E-state index in [0.29, 0.717) is 0 Å². The monoisotopic (exact) mass is 413 g/mol. The van der Waals surface area contributed by atoms with E-state index in [-0.39, 0.29) is 10.2 Å². The second kappa shape index (κ2) is 7.63. The van der Waals surface area contributed by atoms with Gasteiger partial charge in [-0.2, -0.15) is 0 Å². The van der Waals surface area contributed by atoms with E-state index in [9.17, 15) is 0 Å². The number of hydrogen-bond acceptors (Lipinski definition) is 7. The van der Waals surface area contributed by atoms with Gasteiger partial charge in [0.15, 0.2) is 5.17 Å². The standard InChI is InChI=1S/C21H31N7S/c1-16-24-25-18(28(16)15-20(2,3)17-8-6-7-9-22-17)26-10-12-27(13-11-26)19-23-14-21(4,5)29-19/h6-9H,10-15H2,1-5H3. The summed E-state index contributed by atoms with van der Waals surface area (Å²) in [6, 6.07) is 6.11. The number of piperazine rings is 1. The summed E-state index contributed by atoms with van der Waals surface area (Å²) in [6.45, 7) is 16.5. The SMILES string of the molecule is Cc1nnc(N2CCN(C3=NCC(C)(C)S3)CC2)n1CC(C)(C)c1ccccn1. The van der Waals surface area contributed by atoms with Crippen molar-refractivity contribution in [1.82, 2.24) is 24.6 Å². The van der Waals surface area contributed by atoms with Crippen LogP contribution in [-0.4, -0.2) is 67.3 Å². The van der Waals surface area contributed by atoms with Gasteiger partial charge < -0.3 is 9.80 Å². The molecule has 0 unspecified atom stereocenters. The lowest BCUT2D eigenvalue weighted by molar-refractivity contribution is 0.378. The van der Waals surface area contributed by atoms with Gasteiger partial charge in [-0.15, -0.1) is 10.2 Å². The van der Waals surface area contributed by atoms with E-state index >= 15 is 0 Å². The lowest BCUT2D eigenvalue weighted by Gasteiger charge is -2.37. The molecule has 0 spiro atoms. The number of hydrogen-bond donors (Lipinski definition) is 0. The van der Waals surface area contributed by atoms with Crippen LogP contribution in [0.5, 0.6) is 0 Å². The van der Waals surface area contributed by atoms with Crippen LogP contribution in [-0.2, 0) is 12.0 Å². The van der Waals surface area contributed by atoms with Crippen LogP contribution in [0.25, 0.3) is 0 Å². The highest BCUT2D eigenvalue weighted by molar-refractivity contribution is 8.15. The Morgan fingerprint density at radius 3 is 2.41 bits per heavy atom. The van der Waals surface area contributed by atoms with Gasteiger partial charge >= 0.3 is 0 Å². The minimum absolute atomic E-state index is 0.105. The Morgan fingerprint density at radius 1 is 1.07 bits per heavy atom. The smallest absolute Gasteiger partial charge is 0.227 e. The third-order valence-corrected chi connectivity index (χ3v) is 6.88. The van der Waals surface area contributed by atoms with Gasteiger partial charge in [-0.1, -0.05) is 31.7 Å². The molecule has 0 atom stereocenters. The van der Waals surface area contributed by atoms with E-state index in [2.05, 4.69) is 63.3 Å². The molecule has 1 fully saturated rings. The molecule has 2 aliphatic rings. The highest BCUT2D eigenvalue weighted by Gasteiger charge is 2.33. The summed E-state index contributed by atoms with van der Waals surface area (Å²) in [5.74, 6) is 1.91. The maximum atomic E-state index is 4.76. The zero-order chi connectivity index (χ0) is 20.6. The Balaban J connectivity index is 1.46. The molecule has 4 rings (SSSR count). The Morgan fingerprint density at radius 2 is 1.79 bits per heavy atom. The van der Waals surface area contributed by atoms with Gasteiger partial charge in [-0.3, -0.25) is 14.5 Å². The van der Waals surface area contributed by atoms with Gasteiger partial charge in [0.2, 0.25) is 5.95 Å². The second-order valence-electron chi connectivity index (χ2n) is 9.17. The normalized spacial score (nSPS) is 19.6. The zero-order valence-corrected chi connectivity index (χ0v) is 18.9. The van der Waals surface area contributed by atoms with Crippen LogP contribution >= 0.6 is 11.8 Å². The lowest BCUT2D eigenvalue weighted by Crippen LogP contribution is -2.49. The minimum atomic E-state index is -0.105. The molecule has 2 aromatic heterocycles. The molecule has 1 saturated heterocycles. The van der Waals surface area contributed by atoms with Crippen molar-refractivity contribution in [3.63, 3.8) is 0 Å². The molecule has 0 saturated carbocycles. The minimum Gasteiger partial charge on any atom is -0.348 e. The highest BCUT2D eigenvalue weighted by Crippen LogP contribution is 2.34. The Hall–Kier alpha value is -2.09. The molecule has 0 aliphatic carbocycles. The lowest BCUT2D eigenvalue weighted by atomic mass is 9.88. The van der Waals surface area contributed by atoms with Crippen LogP contribution in [0.15, 0.2) is 29.4 Å². The maximum absolute atomic E-state index is 4.76. The third-order valence-electron chi connectivity index (χ3n) is 5.62. The topological polar surface area (TPSA) is 62.4 Å². The molecule has 4 heterocycles. The quantitative estimate of drug-likeness (QED) is 0.768. The average molecular weight is 414 g/mol. The second-order valence-corrected chi connectivity index (χ2v) is 10.8. The van der Waals surface area contributed by atoms with Gasteiger partial charge in [0, 0.05) is 54.8 Å². The molecule has 0 radical (unpaired) electrons. The number of amidine groups is 1. The summed E-state index contributed by atoms with van der Waals surface area (Å²) >= 11 is 1.90. The predicted octanol–water partition coefficient (Wildman–Crippen LogP) is 2.96. The van der Waals surface area contributed by atoms with Gasteiger partial charge in [-0.05, 0) is 32.9 Å². The van der Waals surface area contributed by atoms with Crippen molar-refractivity contribution in [3.8, 4) is 0 Å². The Kier molecular flexibility index (Phi) is 5.31. The fourth-order valence-electron chi connectivity index (χ4n) is 3.86. The summed E-state index contributed by atoms with van der Waals surface area (Å²) in [5.41, 5.74) is 0.981. The highest BCUT2D eigenvalue weighted by atomic mass is 32.2. The number of aryl methyl sites for hydroxylation is 1. The van der Waals surface area contributed by atoms with Crippen LogP contribution in [0, 0.1) is 6.92 Å². The molecule has 0 aromatic carbocycles. The van der Waals surface area contributed by atoms with Crippen molar-refractivity contribution in [2.45, 2.75) is 51.3 Å². The van der Waals surface area contributed by atoms with E-state index in [0.717, 1.165) is 56.7 Å². The molecule has 0 bridgehead atoms. The molecule has 0 N–H and O–H groups in total. The Labute approximate surface area is 177 Å². The number of nitrogens with zero attached hydrogens (tertiary/aromatic N) is 7. The van der Waals surface area contributed by atoms with E-state index in [1.165, 1.54) is 5.17 Å². The number of rotatable bonds is 4. The summed E-state index contributed by atoms with van der Waals surface area (Å²) in [7, 11) is 0. The zero-order valence-electron chi connectivity index (χ0n) is 18.1. The van der Waals surface area contributed by atoms with Gasteiger partial charge in [0.1, 0.15) is 5.82 Å². The molecule has 0 amide bonds. The number of aromatic nitrogens is 4. The van der Waals surface area contributed by atoms with Crippen molar-refractivity contribution in [1.29, 1.82) is 0 Å². The van der Waals surface area contributed by atoms with Gasteiger partial charge in [0.05, 0.1) is 6.54 Å². The summed E-state index contributed by atoms with van der Waals surface area (Å²) in [5, 5.41) is 10.1. The fraction of sp³-hybridized carbons (Fsp3) is 0.619. The molecule has 7 nitrogen and oxygen atoms in total. The van der Waals surface area contributed by atoms with Crippen LogP contribution in [0.2, 0.25) is 0 Å². The number of thioether (sulfide) groups is 1. The molecular weight excluding hydrogens is 382 g/mol. The molecular formula is C21H31N7S.